The van der Waals surface area contributed by atoms with E-state index in [0.717, 1.165) is 0 Å². The highest BCUT2D eigenvalue weighted by atomic mass is 19.3. The molecule has 6 nitrogen and oxygen atoms in total. The first-order valence-corrected chi connectivity index (χ1v) is 7.90. The Kier molecular flexibility index (Phi) is 5.94. The van der Waals surface area contributed by atoms with Crippen LogP contribution >= 0.6 is 0 Å². The number of benzene rings is 1. The smallest absolute Gasteiger partial charge is 0.387 e. The van der Waals surface area contributed by atoms with Gasteiger partial charge in [0.2, 0.25) is 5.89 Å². The fourth-order valence-corrected chi connectivity index (χ4v) is 2.08. The van der Waals surface area contributed by atoms with E-state index in [4.69, 9.17) is 9.26 Å². The van der Waals surface area contributed by atoms with E-state index in [1.165, 1.54) is 13.2 Å². The van der Waals surface area contributed by atoms with E-state index in [1.807, 2.05) is 27.7 Å². The standard InChI is InChI=1S/C17H23F2N3O3/c1-10(14-21-15(22-25-14)17(2,3)4)20-9-11-6-7-12(23-5)8-13(11)24-16(18)19/h6-8,10,16,20H,9H2,1-5H3. The van der Waals surface area contributed by atoms with E-state index in [0.29, 0.717) is 29.6 Å². The Hall–Kier alpha value is -2.22. The number of rotatable bonds is 7. The quantitative estimate of drug-likeness (QED) is 0.814. The van der Waals surface area contributed by atoms with Crippen molar-refractivity contribution in [2.45, 2.75) is 52.3 Å². The van der Waals surface area contributed by atoms with Gasteiger partial charge in [0.15, 0.2) is 5.82 Å². The summed E-state index contributed by atoms with van der Waals surface area (Å²) in [5.74, 6) is 1.56. The Morgan fingerprint density at radius 3 is 2.56 bits per heavy atom. The Balaban J connectivity index is 2.08. The molecule has 1 aromatic heterocycles. The minimum atomic E-state index is -2.91. The van der Waals surface area contributed by atoms with Crippen LogP contribution in [0.15, 0.2) is 22.7 Å². The van der Waals surface area contributed by atoms with Crippen molar-refractivity contribution in [2.24, 2.45) is 0 Å². The Morgan fingerprint density at radius 2 is 2.00 bits per heavy atom. The molecule has 1 heterocycles. The van der Waals surface area contributed by atoms with Crippen LogP contribution < -0.4 is 14.8 Å². The van der Waals surface area contributed by atoms with Gasteiger partial charge in [0.05, 0.1) is 13.2 Å². The molecule has 1 N–H and O–H groups in total. The molecule has 2 rings (SSSR count). The monoisotopic (exact) mass is 355 g/mol. The summed E-state index contributed by atoms with van der Waals surface area (Å²) in [6, 6.07) is 4.54. The van der Waals surface area contributed by atoms with Crippen LogP contribution in [0.3, 0.4) is 0 Å². The minimum absolute atomic E-state index is 0.0648. The summed E-state index contributed by atoms with van der Waals surface area (Å²) >= 11 is 0. The van der Waals surface area contributed by atoms with Gasteiger partial charge in [-0.1, -0.05) is 32.0 Å². The minimum Gasteiger partial charge on any atom is -0.497 e. The van der Waals surface area contributed by atoms with Gasteiger partial charge in [0, 0.05) is 23.6 Å². The van der Waals surface area contributed by atoms with Crippen LogP contribution in [-0.4, -0.2) is 23.9 Å². The second-order valence-corrected chi connectivity index (χ2v) is 6.66. The molecule has 2 aromatic rings. The number of ether oxygens (including phenoxy) is 2. The average molecular weight is 355 g/mol. The van der Waals surface area contributed by atoms with Crippen LogP contribution in [0.25, 0.3) is 0 Å². The van der Waals surface area contributed by atoms with Crippen molar-refractivity contribution in [1.29, 1.82) is 0 Å². The maximum Gasteiger partial charge on any atom is 0.387 e. The molecule has 0 aliphatic rings. The molecular weight excluding hydrogens is 332 g/mol. The van der Waals surface area contributed by atoms with Gasteiger partial charge >= 0.3 is 6.61 Å². The van der Waals surface area contributed by atoms with E-state index in [1.54, 1.807) is 12.1 Å². The topological polar surface area (TPSA) is 69.4 Å². The van der Waals surface area contributed by atoms with Gasteiger partial charge in [-0.15, -0.1) is 0 Å². The predicted octanol–water partition coefficient (Wildman–Crippen LogP) is 3.83. The predicted molar refractivity (Wildman–Crippen MR) is 87.9 cm³/mol. The van der Waals surface area contributed by atoms with E-state index < -0.39 is 6.61 Å². The van der Waals surface area contributed by atoms with Crippen molar-refractivity contribution in [3.63, 3.8) is 0 Å². The Morgan fingerprint density at radius 1 is 1.28 bits per heavy atom. The summed E-state index contributed by atoms with van der Waals surface area (Å²) in [6.45, 7) is 5.21. The SMILES string of the molecule is COc1ccc(CNC(C)c2nc(C(C)(C)C)no2)c(OC(F)F)c1. The number of hydrogen-bond donors (Lipinski definition) is 1. The van der Waals surface area contributed by atoms with E-state index in [-0.39, 0.29) is 17.2 Å². The first-order chi connectivity index (χ1) is 11.7. The highest BCUT2D eigenvalue weighted by Crippen LogP contribution is 2.27. The maximum atomic E-state index is 12.6. The third kappa shape index (κ3) is 5.12. The molecular formula is C17H23F2N3O3. The van der Waals surface area contributed by atoms with Gasteiger partial charge < -0.3 is 19.3 Å². The number of methoxy groups -OCH3 is 1. The summed E-state index contributed by atoms with van der Waals surface area (Å²) in [7, 11) is 1.46. The van der Waals surface area contributed by atoms with Crippen LogP contribution in [0.5, 0.6) is 11.5 Å². The van der Waals surface area contributed by atoms with Crippen LogP contribution in [0.4, 0.5) is 8.78 Å². The molecule has 0 fully saturated rings. The Labute approximate surface area is 145 Å². The molecule has 25 heavy (non-hydrogen) atoms. The number of hydrogen-bond acceptors (Lipinski definition) is 6. The Bertz CT molecular complexity index is 699. The van der Waals surface area contributed by atoms with Gasteiger partial charge in [0.25, 0.3) is 0 Å². The largest absolute Gasteiger partial charge is 0.497 e. The lowest BCUT2D eigenvalue weighted by Crippen LogP contribution is -2.20. The third-order valence-corrected chi connectivity index (χ3v) is 3.57. The van der Waals surface area contributed by atoms with Crippen molar-refractivity contribution in [3.8, 4) is 11.5 Å². The molecule has 1 aromatic carbocycles. The average Bonchev–Trinajstić information content (AvgIpc) is 3.03. The van der Waals surface area contributed by atoms with Gasteiger partial charge in [-0.2, -0.15) is 13.8 Å². The fraction of sp³-hybridized carbons (Fsp3) is 0.529. The highest BCUT2D eigenvalue weighted by molar-refractivity contribution is 5.40. The summed E-state index contributed by atoms with van der Waals surface area (Å²) in [5.41, 5.74) is 0.360. The molecule has 0 aliphatic carbocycles. The molecule has 138 valence electrons. The lowest BCUT2D eigenvalue weighted by molar-refractivity contribution is -0.0506. The lowest BCUT2D eigenvalue weighted by Gasteiger charge is -2.15. The number of aromatic nitrogens is 2. The van der Waals surface area contributed by atoms with Crippen molar-refractivity contribution >= 4 is 0 Å². The molecule has 0 saturated heterocycles. The van der Waals surface area contributed by atoms with Crippen molar-refractivity contribution < 1.29 is 22.8 Å². The normalized spacial score (nSPS) is 13.1. The second-order valence-electron chi connectivity index (χ2n) is 6.66. The van der Waals surface area contributed by atoms with Crippen LogP contribution in [0, 0.1) is 0 Å². The first kappa shape index (κ1) is 19.1. The van der Waals surface area contributed by atoms with Crippen molar-refractivity contribution in [2.75, 3.05) is 7.11 Å². The third-order valence-electron chi connectivity index (χ3n) is 3.57. The van der Waals surface area contributed by atoms with Gasteiger partial charge in [0.1, 0.15) is 11.5 Å². The summed E-state index contributed by atoms with van der Waals surface area (Å²) in [4.78, 5) is 4.38. The molecule has 0 radical (unpaired) electrons. The highest BCUT2D eigenvalue weighted by Gasteiger charge is 2.23. The second kappa shape index (κ2) is 7.77. The molecule has 8 heteroatoms. The van der Waals surface area contributed by atoms with Crippen molar-refractivity contribution in [3.05, 3.63) is 35.5 Å². The molecule has 0 bridgehead atoms. The molecule has 1 atom stereocenters. The van der Waals surface area contributed by atoms with Gasteiger partial charge in [-0.25, -0.2) is 0 Å². The summed E-state index contributed by atoms with van der Waals surface area (Å²) in [6.07, 6.45) is 0. The molecule has 1 unspecified atom stereocenters. The zero-order chi connectivity index (χ0) is 18.6. The number of nitrogens with one attached hydrogen (secondary N) is 1. The molecule has 0 spiro atoms. The molecule has 0 amide bonds. The number of nitrogens with zero attached hydrogens (tertiary/aromatic N) is 2. The number of halogens is 2. The molecule has 0 saturated carbocycles. The number of alkyl halides is 2. The zero-order valence-corrected chi connectivity index (χ0v) is 15.0. The summed E-state index contributed by atoms with van der Waals surface area (Å²) in [5, 5.41) is 7.15. The van der Waals surface area contributed by atoms with E-state index in [9.17, 15) is 8.78 Å². The summed E-state index contributed by atoms with van der Waals surface area (Å²) < 4.78 is 40.1. The van der Waals surface area contributed by atoms with E-state index in [2.05, 4.69) is 20.2 Å². The van der Waals surface area contributed by atoms with Crippen molar-refractivity contribution in [1.82, 2.24) is 15.5 Å². The van der Waals surface area contributed by atoms with Gasteiger partial charge in [-0.05, 0) is 13.0 Å². The van der Waals surface area contributed by atoms with Crippen LogP contribution in [-0.2, 0) is 12.0 Å². The maximum absolute atomic E-state index is 12.6. The van der Waals surface area contributed by atoms with E-state index >= 15 is 0 Å². The first-order valence-electron chi connectivity index (χ1n) is 7.90. The lowest BCUT2D eigenvalue weighted by atomic mass is 9.96. The van der Waals surface area contributed by atoms with Crippen LogP contribution in [0.2, 0.25) is 0 Å². The van der Waals surface area contributed by atoms with Crippen LogP contribution in [0.1, 0.15) is 51.0 Å². The fourth-order valence-electron chi connectivity index (χ4n) is 2.08. The molecule has 0 aliphatic heterocycles. The zero-order valence-electron chi connectivity index (χ0n) is 15.0. The van der Waals surface area contributed by atoms with Gasteiger partial charge in [-0.3, -0.25) is 0 Å².